The van der Waals surface area contributed by atoms with Gasteiger partial charge in [0.05, 0.1) is 33.6 Å². The monoisotopic (exact) mass is 480 g/mol. The molecule has 0 radical (unpaired) electrons. The Morgan fingerprint density at radius 1 is 1.03 bits per heavy atom. The van der Waals surface area contributed by atoms with Crippen molar-refractivity contribution in [3.05, 3.63) is 71.5 Å². The Balaban J connectivity index is 1.65. The molecule has 1 atom stereocenters. The van der Waals surface area contributed by atoms with Crippen molar-refractivity contribution in [3.63, 3.8) is 0 Å². The van der Waals surface area contributed by atoms with E-state index in [9.17, 15) is 14.0 Å². The first-order chi connectivity index (χ1) is 16.9. The third-order valence-electron chi connectivity index (χ3n) is 5.64. The molecule has 1 heterocycles. The van der Waals surface area contributed by atoms with Crippen LogP contribution in [0.5, 0.6) is 23.0 Å². The van der Waals surface area contributed by atoms with Gasteiger partial charge in [-0.25, -0.2) is 4.39 Å². The molecule has 0 saturated carbocycles. The third kappa shape index (κ3) is 4.70. The molecule has 1 aliphatic heterocycles. The second kappa shape index (κ2) is 9.92. The Kier molecular flexibility index (Phi) is 6.77. The van der Waals surface area contributed by atoms with Crippen LogP contribution in [-0.4, -0.2) is 39.2 Å². The zero-order valence-electron chi connectivity index (χ0n) is 19.8. The van der Waals surface area contributed by atoms with Gasteiger partial charge in [-0.1, -0.05) is 18.2 Å². The highest BCUT2D eigenvalue weighted by atomic mass is 19.1. The summed E-state index contributed by atoms with van der Waals surface area (Å²) in [6.07, 6.45) is -0.728. The number of fused-ring (bicyclic) bond motifs is 1. The lowest BCUT2D eigenvalue weighted by Gasteiger charge is -2.33. The fourth-order valence-electron chi connectivity index (χ4n) is 3.86. The fourth-order valence-corrected chi connectivity index (χ4v) is 3.86. The number of nitrogens with zero attached hydrogens (tertiary/aromatic N) is 1. The molecule has 9 heteroatoms. The molecule has 4 rings (SSSR count). The van der Waals surface area contributed by atoms with E-state index in [0.717, 1.165) is 0 Å². The third-order valence-corrected chi connectivity index (χ3v) is 5.64. The summed E-state index contributed by atoms with van der Waals surface area (Å²) in [5, 5.41) is 2.81. The molecular weight excluding hydrogens is 455 g/mol. The lowest BCUT2D eigenvalue weighted by molar-refractivity contribution is -0.125. The molecule has 0 saturated heterocycles. The van der Waals surface area contributed by atoms with Crippen LogP contribution in [0.2, 0.25) is 0 Å². The Morgan fingerprint density at radius 3 is 2.34 bits per heavy atom. The average Bonchev–Trinajstić information content (AvgIpc) is 2.87. The minimum atomic E-state index is -0.728. The van der Waals surface area contributed by atoms with E-state index in [4.69, 9.17) is 18.9 Å². The van der Waals surface area contributed by atoms with Crippen molar-refractivity contribution in [2.75, 3.05) is 31.5 Å². The van der Waals surface area contributed by atoms with Crippen molar-refractivity contribution in [3.8, 4) is 23.0 Å². The molecule has 0 bridgehead atoms. The number of ether oxygens (including phenoxy) is 4. The summed E-state index contributed by atoms with van der Waals surface area (Å²) < 4.78 is 36.0. The van der Waals surface area contributed by atoms with Crippen LogP contribution in [0.25, 0.3) is 0 Å². The number of methoxy groups -OCH3 is 3. The molecule has 35 heavy (non-hydrogen) atoms. The minimum absolute atomic E-state index is 0.0243. The van der Waals surface area contributed by atoms with Gasteiger partial charge in [0.25, 0.3) is 11.8 Å². The van der Waals surface area contributed by atoms with E-state index in [0.29, 0.717) is 39.9 Å². The molecule has 0 fully saturated rings. The lowest BCUT2D eigenvalue weighted by atomic mass is 10.1. The standard InChI is InChI=1S/C26H25FN2O6/c1-15-26(31)29(14-16-7-5-6-8-19(16)27)20-13-18(9-10-21(20)35-15)28-25(30)17-11-22(32-2)24(34-4)23(12-17)33-3/h5-13,15H,14H2,1-4H3,(H,28,30). The van der Waals surface area contributed by atoms with Crippen molar-refractivity contribution >= 4 is 23.2 Å². The number of benzene rings is 3. The largest absolute Gasteiger partial charge is 0.493 e. The average molecular weight is 480 g/mol. The molecule has 2 amide bonds. The van der Waals surface area contributed by atoms with Crippen LogP contribution in [0, 0.1) is 5.82 Å². The van der Waals surface area contributed by atoms with Crippen LogP contribution in [0.3, 0.4) is 0 Å². The maximum absolute atomic E-state index is 14.3. The Hall–Kier alpha value is -4.27. The molecule has 3 aromatic rings. The molecule has 182 valence electrons. The van der Waals surface area contributed by atoms with Gasteiger partial charge in [-0.05, 0) is 43.3 Å². The van der Waals surface area contributed by atoms with Crippen molar-refractivity contribution in [1.82, 2.24) is 0 Å². The van der Waals surface area contributed by atoms with Crippen molar-refractivity contribution in [1.29, 1.82) is 0 Å². The normalized spacial score (nSPS) is 14.6. The van der Waals surface area contributed by atoms with Crippen LogP contribution >= 0.6 is 0 Å². The van der Waals surface area contributed by atoms with Gasteiger partial charge in [0.15, 0.2) is 17.6 Å². The Morgan fingerprint density at radius 2 is 1.71 bits per heavy atom. The van der Waals surface area contributed by atoms with Crippen LogP contribution in [0.4, 0.5) is 15.8 Å². The van der Waals surface area contributed by atoms with E-state index >= 15 is 0 Å². The SMILES string of the molecule is COc1cc(C(=O)Nc2ccc3c(c2)N(Cc2ccccc2F)C(=O)C(C)O3)cc(OC)c1OC. The maximum Gasteiger partial charge on any atom is 0.268 e. The highest BCUT2D eigenvalue weighted by Crippen LogP contribution is 2.39. The maximum atomic E-state index is 14.3. The number of anilines is 2. The summed E-state index contributed by atoms with van der Waals surface area (Å²) in [5.41, 5.74) is 1.50. The first-order valence-corrected chi connectivity index (χ1v) is 10.8. The zero-order chi connectivity index (χ0) is 25.1. The number of carbonyl (C=O) groups is 2. The van der Waals surface area contributed by atoms with Gasteiger partial charge in [-0.3, -0.25) is 9.59 Å². The lowest BCUT2D eigenvalue weighted by Crippen LogP contribution is -2.44. The Bertz CT molecular complexity index is 1250. The predicted molar refractivity (Wildman–Crippen MR) is 128 cm³/mol. The van der Waals surface area contributed by atoms with Crippen LogP contribution in [-0.2, 0) is 11.3 Å². The molecule has 1 aliphatic rings. The van der Waals surface area contributed by atoms with Gasteiger partial charge in [-0.15, -0.1) is 0 Å². The van der Waals surface area contributed by atoms with Gasteiger partial charge in [0, 0.05) is 16.8 Å². The van der Waals surface area contributed by atoms with E-state index in [-0.39, 0.29) is 18.0 Å². The van der Waals surface area contributed by atoms with Crippen molar-refractivity contribution in [2.45, 2.75) is 19.6 Å². The number of amides is 2. The molecule has 3 aromatic carbocycles. The summed E-state index contributed by atoms with van der Waals surface area (Å²) >= 11 is 0. The summed E-state index contributed by atoms with van der Waals surface area (Å²) in [4.78, 5) is 27.4. The van der Waals surface area contributed by atoms with Gasteiger partial charge < -0.3 is 29.2 Å². The van der Waals surface area contributed by atoms with Crippen LogP contribution < -0.4 is 29.2 Å². The number of nitrogens with one attached hydrogen (secondary N) is 1. The van der Waals surface area contributed by atoms with E-state index < -0.39 is 17.8 Å². The zero-order valence-corrected chi connectivity index (χ0v) is 19.8. The topological polar surface area (TPSA) is 86.3 Å². The highest BCUT2D eigenvalue weighted by molar-refractivity contribution is 6.06. The molecule has 8 nitrogen and oxygen atoms in total. The number of halogens is 1. The molecule has 1 N–H and O–H groups in total. The second-order valence-electron chi connectivity index (χ2n) is 7.83. The van der Waals surface area contributed by atoms with Gasteiger partial charge in [0.2, 0.25) is 5.75 Å². The predicted octanol–water partition coefficient (Wildman–Crippen LogP) is 4.42. The van der Waals surface area contributed by atoms with Gasteiger partial charge in [0.1, 0.15) is 11.6 Å². The van der Waals surface area contributed by atoms with Crippen molar-refractivity contribution < 1.29 is 32.9 Å². The summed E-state index contributed by atoms with van der Waals surface area (Å²) in [6.45, 7) is 1.66. The Labute approximate surface area is 202 Å². The summed E-state index contributed by atoms with van der Waals surface area (Å²) in [5.74, 6) is 0.356. The molecular formula is C26H25FN2O6. The smallest absolute Gasteiger partial charge is 0.268 e. The second-order valence-corrected chi connectivity index (χ2v) is 7.83. The molecule has 0 spiro atoms. The van der Waals surface area contributed by atoms with Gasteiger partial charge >= 0.3 is 0 Å². The van der Waals surface area contributed by atoms with E-state index in [1.807, 2.05) is 0 Å². The summed E-state index contributed by atoms with van der Waals surface area (Å²) in [6, 6.07) is 14.3. The van der Waals surface area contributed by atoms with Crippen molar-refractivity contribution in [2.24, 2.45) is 0 Å². The quantitative estimate of drug-likeness (QED) is 0.539. The minimum Gasteiger partial charge on any atom is -0.493 e. The number of carbonyl (C=O) groups excluding carboxylic acids is 2. The molecule has 1 unspecified atom stereocenters. The van der Waals surface area contributed by atoms with Crippen LogP contribution in [0.1, 0.15) is 22.8 Å². The molecule has 0 aromatic heterocycles. The van der Waals surface area contributed by atoms with E-state index in [2.05, 4.69) is 5.32 Å². The fraction of sp³-hybridized carbons (Fsp3) is 0.231. The highest BCUT2D eigenvalue weighted by Gasteiger charge is 2.32. The van der Waals surface area contributed by atoms with E-state index in [1.54, 1.807) is 43.3 Å². The van der Waals surface area contributed by atoms with E-state index in [1.165, 1.54) is 44.4 Å². The first-order valence-electron chi connectivity index (χ1n) is 10.8. The number of hydrogen-bond donors (Lipinski definition) is 1. The first kappa shape index (κ1) is 23.9. The number of rotatable bonds is 7. The summed E-state index contributed by atoms with van der Waals surface area (Å²) in [7, 11) is 4.40. The number of hydrogen-bond acceptors (Lipinski definition) is 6. The van der Waals surface area contributed by atoms with Crippen LogP contribution in [0.15, 0.2) is 54.6 Å². The van der Waals surface area contributed by atoms with Gasteiger partial charge in [-0.2, -0.15) is 0 Å². The molecule has 0 aliphatic carbocycles.